The number of ketones is 1. The van der Waals surface area contributed by atoms with Crippen LogP contribution in [0.25, 0.3) is 5.57 Å². The first-order valence-corrected chi connectivity index (χ1v) is 12.8. The summed E-state index contributed by atoms with van der Waals surface area (Å²) >= 11 is 5.09. The maximum absolute atomic E-state index is 12.2. The lowest BCUT2D eigenvalue weighted by molar-refractivity contribution is -0.902. The largest absolute Gasteiger partial charge is 0.539 e. The topological polar surface area (TPSA) is 98.9 Å². The lowest BCUT2D eigenvalue weighted by Crippen LogP contribution is -3.13. The number of hydrogen-bond donors (Lipinski definition) is 2. The third-order valence-corrected chi connectivity index (χ3v) is 7.49. The van der Waals surface area contributed by atoms with Crippen LogP contribution in [0.5, 0.6) is 0 Å². The molecule has 0 radical (unpaired) electrons. The van der Waals surface area contributed by atoms with Crippen molar-refractivity contribution < 1.29 is 29.5 Å². The van der Waals surface area contributed by atoms with Crippen LogP contribution < -0.4 is 10.0 Å². The van der Waals surface area contributed by atoms with Gasteiger partial charge in [0.25, 0.3) is 0 Å². The van der Waals surface area contributed by atoms with E-state index in [1.807, 2.05) is 17.5 Å². The fourth-order valence-electron chi connectivity index (χ4n) is 3.64. The van der Waals surface area contributed by atoms with Crippen LogP contribution in [0.15, 0.2) is 56.7 Å². The molecule has 0 saturated carbocycles. The molecule has 1 aliphatic rings. The second-order valence-electron chi connectivity index (χ2n) is 7.25. The maximum atomic E-state index is 12.2. The minimum absolute atomic E-state index is 0.297. The summed E-state index contributed by atoms with van der Waals surface area (Å²) in [7, 11) is 0. The van der Waals surface area contributed by atoms with Crippen LogP contribution >= 0.6 is 34.0 Å². The van der Waals surface area contributed by atoms with E-state index in [-0.39, 0.29) is 0 Å². The first-order valence-electron chi connectivity index (χ1n) is 10.1. The number of rotatable bonds is 6. The van der Waals surface area contributed by atoms with Crippen molar-refractivity contribution >= 4 is 57.3 Å². The van der Waals surface area contributed by atoms with Crippen molar-refractivity contribution in [3.8, 4) is 0 Å². The summed E-state index contributed by atoms with van der Waals surface area (Å²) in [6.45, 7) is 3.21. The molecule has 0 atom stereocenters. The molecule has 3 aromatic rings. The summed E-state index contributed by atoms with van der Waals surface area (Å²) in [4.78, 5) is 32.7. The Morgan fingerprint density at radius 1 is 0.969 bits per heavy atom. The summed E-state index contributed by atoms with van der Waals surface area (Å²) in [6.07, 6.45) is 2.92. The van der Waals surface area contributed by atoms with E-state index < -0.39 is 11.9 Å². The SMILES string of the molecule is O=C(CC[NH+]1CCC(=C(c2ccsc2)c2ccsc2)CC1)c1cccs1.O=C([O-])C(=O)O. The molecular formula is C23H23NO5S3. The van der Waals surface area contributed by atoms with Crippen molar-refractivity contribution in [3.05, 3.63) is 72.7 Å². The predicted molar refractivity (Wildman–Crippen MR) is 125 cm³/mol. The van der Waals surface area contributed by atoms with Gasteiger partial charge in [0, 0.05) is 12.8 Å². The van der Waals surface area contributed by atoms with Crippen LogP contribution in [0.3, 0.4) is 0 Å². The molecule has 0 aromatic carbocycles. The normalized spacial score (nSPS) is 15.5. The zero-order valence-corrected chi connectivity index (χ0v) is 19.7. The zero-order valence-electron chi connectivity index (χ0n) is 17.2. The Balaban J connectivity index is 0.000000427. The van der Waals surface area contributed by atoms with E-state index in [1.165, 1.54) is 16.7 Å². The Bertz CT molecular complexity index is 995. The summed E-state index contributed by atoms with van der Waals surface area (Å²) in [6, 6.07) is 8.37. The van der Waals surface area contributed by atoms with Gasteiger partial charge in [-0.05, 0) is 61.8 Å². The molecule has 0 spiro atoms. The van der Waals surface area contributed by atoms with Crippen LogP contribution in [0.1, 0.15) is 40.1 Å². The summed E-state index contributed by atoms with van der Waals surface area (Å²) in [5.41, 5.74) is 5.75. The fraction of sp³-hybridized carbons (Fsp3) is 0.261. The van der Waals surface area contributed by atoms with Gasteiger partial charge in [0.1, 0.15) is 0 Å². The highest BCUT2D eigenvalue weighted by molar-refractivity contribution is 7.12. The highest BCUT2D eigenvalue weighted by atomic mass is 32.1. The van der Waals surface area contributed by atoms with Crippen LogP contribution in [0.2, 0.25) is 0 Å². The molecule has 4 rings (SSSR count). The highest BCUT2D eigenvalue weighted by Crippen LogP contribution is 2.32. The number of likely N-dealkylation sites (tertiary alicyclic amines) is 1. The quantitative estimate of drug-likeness (QED) is 0.409. The molecule has 1 fully saturated rings. The van der Waals surface area contributed by atoms with Gasteiger partial charge in [-0.2, -0.15) is 22.7 Å². The summed E-state index contributed by atoms with van der Waals surface area (Å²) in [5.74, 6) is -3.71. The third-order valence-electron chi connectivity index (χ3n) is 5.21. The monoisotopic (exact) mass is 489 g/mol. The fourth-order valence-corrected chi connectivity index (χ4v) is 5.63. The van der Waals surface area contributed by atoms with E-state index in [2.05, 4.69) is 33.7 Å². The molecule has 0 amide bonds. The zero-order chi connectivity index (χ0) is 22.9. The number of piperidine rings is 1. The Morgan fingerprint density at radius 3 is 2.00 bits per heavy atom. The van der Waals surface area contributed by atoms with E-state index in [4.69, 9.17) is 19.8 Å². The third kappa shape index (κ3) is 6.70. The van der Waals surface area contributed by atoms with Crippen molar-refractivity contribution in [1.82, 2.24) is 0 Å². The van der Waals surface area contributed by atoms with Crippen molar-refractivity contribution in [2.24, 2.45) is 0 Å². The van der Waals surface area contributed by atoms with Gasteiger partial charge in [0.15, 0.2) is 11.8 Å². The van der Waals surface area contributed by atoms with E-state index in [0.717, 1.165) is 37.4 Å². The maximum Gasteiger partial charge on any atom is 0.351 e. The average Bonchev–Trinajstić information content (AvgIpc) is 3.57. The smallest absolute Gasteiger partial charge is 0.351 e. The molecule has 32 heavy (non-hydrogen) atoms. The van der Waals surface area contributed by atoms with Crippen molar-refractivity contribution in [2.45, 2.75) is 19.3 Å². The molecule has 2 N–H and O–H groups in total. The Hall–Kier alpha value is -2.59. The van der Waals surface area contributed by atoms with Crippen molar-refractivity contribution in [3.63, 3.8) is 0 Å². The molecule has 0 bridgehead atoms. The summed E-state index contributed by atoms with van der Waals surface area (Å²) < 4.78 is 0. The Morgan fingerprint density at radius 2 is 1.56 bits per heavy atom. The second kappa shape index (κ2) is 11.9. The molecule has 3 aromatic heterocycles. The van der Waals surface area contributed by atoms with Gasteiger partial charge < -0.3 is 19.9 Å². The number of carbonyl (C=O) groups is 3. The molecule has 4 heterocycles. The summed E-state index contributed by atoms with van der Waals surface area (Å²) in [5, 5.41) is 27.2. The van der Waals surface area contributed by atoms with Crippen molar-refractivity contribution in [1.29, 1.82) is 0 Å². The number of carbonyl (C=O) groups excluding carboxylic acids is 2. The highest BCUT2D eigenvalue weighted by Gasteiger charge is 2.22. The molecular weight excluding hydrogens is 466 g/mol. The molecule has 1 aliphatic heterocycles. The number of hydrogen-bond acceptors (Lipinski definition) is 7. The van der Waals surface area contributed by atoms with Gasteiger partial charge in [0.05, 0.1) is 30.9 Å². The number of quaternary nitrogens is 1. The number of thiophene rings is 3. The average molecular weight is 490 g/mol. The van der Waals surface area contributed by atoms with Crippen LogP contribution in [-0.4, -0.2) is 42.5 Å². The standard InChI is InChI=1S/C21H21NOS3.C2H2O4/c23-19(20-2-1-11-26-20)5-10-22-8-3-16(4-9-22)21(17-6-12-24-14-17)18-7-13-25-15-18;3-1(4)2(5)6/h1-2,6-7,11-15H,3-5,8-10H2;(H,3,4)(H,5,6). The van der Waals surface area contributed by atoms with Gasteiger partial charge in [-0.3, -0.25) is 4.79 Å². The molecule has 0 aliphatic carbocycles. The lowest BCUT2D eigenvalue weighted by atomic mass is 9.91. The van der Waals surface area contributed by atoms with E-state index >= 15 is 0 Å². The Labute approximate surface area is 198 Å². The Kier molecular flexibility index (Phi) is 8.92. The van der Waals surface area contributed by atoms with Crippen LogP contribution in [0.4, 0.5) is 0 Å². The number of aliphatic carboxylic acids is 2. The molecule has 6 nitrogen and oxygen atoms in total. The molecule has 9 heteroatoms. The first-order chi connectivity index (χ1) is 15.5. The second-order valence-corrected chi connectivity index (χ2v) is 9.75. The number of nitrogens with one attached hydrogen (secondary N) is 1. The van der Waals surface area contributed by atoms with E-state index in [0.29, 0.717) is 12.2 Å². The predicted octanol–water partition coefficient (Wildman–Crippen LogP) is 2.45. The number of carboxylic acids is 2. The van der Waals surface area contributed by atoms with Gasteiger partial charge >= 0.3 is 5.97 Å². The minimum atomic E-state index is -2.07. The van der Waals surface area contributed by atoms with Crippen LogP contribution in [-0.2, 0) is 9.59 Å². The van der Waals surface area contributed by atoms with Crippen molar-refractivity contribution in [2.75, 3.05) is 19.6 Å². The molecule has 1 saturated heterocycles. The number of carboxylic acid groups (broad SMARTS) is 2. The minimum Gasteiger partial charge on any atom is -0.539 e. The lowest BCUT2D eigenvalue weighted by Gasteiger charge is -2.27. The molecule has 0 unspecified atom stereocenters. The van der Waals surface area contributed by atoms with Gasteiger partial charge in [-0.15, -0.1) is 11.3 Å². The van der Waals surface area contributed by atoms with Gasteiger partial charge in [-0.25, -0.2) is 4.79 Å². The van der Waals surface area contributed by atoms with Gasteiger partial charge in [-0.1, -0.05) is 11.6 Å². The van der Waals surface area contributed by atoms with Gasteiger partial charge in [0.2, 0.25) is 0 Å². The first kappa shape index (κ1) is 24.1. The number of Topliss-reactive ketones (excluding diaryl/α,β-unsaturated/α-hetero) is 1. The van der Waals surface area contributed by atoms with E-state index in [1.54, 1.807) is 44.5 Å². The van der Waals surface area contributed by atoms with Crippen LogP contribution in [0, 0.1) is 0 Å². The molecule has 168 valence electrons. The van der Waals surface area contributed by atoms with E-state index in [9.17, 15) is 4.79 Å².